The molecule has 0 unspecified atom stereocenters. The van der Waals surface area contributed by atoms with E-state index in [4.69, 9.17) is 33.4 Å². The molecule has 9 heteroatoms. The van der Waals surface area contributed by atoms with Crippen LogP contribution in [0.1, 0.15) is 0 Å². The molecule has 0 spiro atoms. The van der Waals surface area contributed by atoms with Crippen LogP contribution in [0.5, 0.6) is 0 Å². The first-order chi connectivity index (χ1) is 9.79. The van der Waals surface area contributed by atoms with Gasteiger partial charge in [-0.05, 0) is 18.2 Å². The van der Waals surface area contributed by atoms with Gasteiger partial charge in [-0.3, -0.25) is 14.4 Å². The third kappa shape index (κ3) is 6.24. The number of carbonyl (C=O) groups is 3. The van der Waals surface area contributed by atoms with Crippen molar-refractivity contribution < 1.29 is 24.6 Å². The Labute approximate surface area is 134 Å². The summed E-state index contributed by atoms with van der Waals surface area (Å²) in [6.45, 7) is -1.34. The summed E-state index contributed by atoms with van der Waals surface area (Å²) in [7, 11) is 0. The lowest BCUT2D eigenvalue weighted by atomic mass is 10.4. The molecule has 0 fully saturated rings. The lowest BCUT2D eigenvalue weighted by Crippen LogP contribution is -2.40. The average molecular weight is 352 g/mol. The monoisotopic (exact) mass is 351 g/mol. The third-order valence-corrected chi connectivity index (χ3v) is 3.97. The molecule has 0 aliphatic carbocycles. The number of carboxylic acids is 2. The number of thioether (sulfide) groups is 1. The van der Waals surface area contributed by atoms with Crippen molar-refractivity contribution in [3.8, 4) is 0 Å². The van der Waals surface area contributed by atoms with Crippen LogP contribution in [0, 0.1) is 0 Å². The van der Waals surface area contributed by atoms with Gasteiger partial charge in [0.1, 0.15) is 13.1 Å². The van der Waals surface area contributed by atoms with Crippen molar-refractivity contribution in [1.82, 2.24) is 4.90 Å². The summed E-state index contributed by atoms with van der Waals surface area (Å²) in [5.41, 5.74) is 0. The number of aliphatic carboxylic acids is 2. The highest BCUT2D eigenvalue weighted by molar-refractivity contribution is 8.00. The van der Waals surface area contributed by atoms with Crippen LogP contribution in [0.15, 0.2) is 23.1 Å². The van der Waals surface area contributed by atoms with Crippen molar-refractivity contribution in [3.63, 3.8) is 0 Å². The molecule has 1 rings (SSSR count). The minimum absolute atomic E-state index is 0.138. The first-order valence-electron chi connectivity index (χ1n) is 5.59. The Kier molecular flexibility index (Phi) is 6.80. The minimum atomic E-state index is -1.28. The third-order valence-electron chi connectivity index (χ3n) is 2.25. The zero-order valence-electron chi connectivity index (χ0n) is 10.6. The number of amides is 1. The van der Waals surface area contributed by atoms with Crippen molar-refractivity contribution in [2.24, 2.45) is 0 Å². The second kappa shape index (κ2) is 8.11. The summed E-state index contributed by atoms with van der Waals surface area (Å²) >= 11 is 12.8. The van der Waals surface area contributed by atoms with E-state index in [2.05, 4.69) is 0 Å². The zero-order valence-corrected chi connectivity index (χ0v) is 12.9. The maximum absolute atomic E-state index is 11.9. The first-order valence-corrected chi connectivity index (χ1v) is 7.33. The van der Waals surface area contributed by atoms with Crippen LogP contribution in [-0.4, -0.2) is 51.8 Å². The molecular weight excluding hydrogens is 341 g/mol. The van der Waals surface area contributed by atoms with Crippen LogP contribution in [0.3, 0.4) is 0 Å². The number of carboxylic acid groups (broad SMARTS) is 2. The highest BCUT2D eigenvalue weighted by Crippen LogP contribution is 2.29. The van der Waals surface area contributed by atoms with Gasteiger partial charge in [0.15, 0.2) is 0 Å². The fourth-order valence-electron chi connectivity index (χ4n) is 1.38. The van der Waals surface area contributed by atoms with Gasteiger partial charge in [-0.25, -0.2) is 0 Å². The van der Waals surface area contributed by atoms with Crippen molar-refractivity contribution in [1.29, 1.82) is 0 Å². The quantitative estimate of drug-likeness (QED) is 0.730. The largest absolute Gasteiger partial charge is 0.480 e. The SMILES string of the molecule is O=C(O)CN(CC(=O)O)C(=O)CSc1cc(Cl)ccc1Cl. The lowest BCUT2D eigenvalue weighted by Gasteiger charge is -2.18. The van der Waals surface area contributed by atoms with Crippen LogP contribution >= 0.6 is 35.0 Å². The molecule has 0 radical (unpaired) electrons. The van der Waals surface area contributed by atoms with Crippen LogP contribution in [0.4, 0.5) is 0 Å². The van der Waals surface area contributed by atoms with E-state index >= 15 is 0 Å². The number of carbonyl (C=O) groups excluding carboxylic acids is 1. The van der Waals surface area contributed by atoms with E-state index in [1.165, 1.54) is 0 Å². The summed E-state index contributed by atoms with van der Waals surface area (Å²) in [6, 6.07) is 4.74. The standard InChI is InChI=1S/C12H11Cl2NO5S/c13-7-1-2-8(14)9(3-7)21-6-10(16)15(4-11(17)18)5-12(19)20/h1-3H,4-6H2,(H,17,18)(H,19,20). The van der Waals surface area contributed by atoms with Gasteiger partial charge in [0.25, 0.3) is 0 Å². The molecule has 0 saturated carbocycles. The lowest BCUT2D eigenvalue weighted by molar-refractivity contribution is -0.148. The summed E-state index contributed by atoms with van der Waals surface area (Å²) in [5, 5.41) is 18.2. The van der Waals surface area contributed by atoms with Crippen LogP contribution in [0.25, 0.3) is 0 Å². The summed E-state index contributed by atoms with van der Waals surface area (Å²) in [4.78, 5) is 34.5. The number of nitrogens with zero attached hydrogens (tertiary/aromatic N) is 1. The van der Waals surface area contributed by atoms with Crippen LogP contribution < -0.4 is 0 Å². The molecule has 0 aliphatic rings. The average Bonchev–Trinajstić information content (AvgIpc) is 2.37. The Hall–Kier alpha value is -1.44. The number of rotatable bonds is 7. The summed E-state index contributed by atoms with van der Waals surface area (Å²) in [6.07, 6.45) is 0. The Bertz CT molecular complexity index is 551. The van der Waals surface area contributed by atoms with E-state index in [1.807, 2.05) is 0 Å². The highest BCUT2D eigenvalue weighted by Gasteiger charge is 2.20. The van der Waals surface area contributed by atoms with E-state index in [9.17, 15) is 14.4 Å². The molecule has 1 aromatic carbocycles. The maximum atomic E-state index is 11.9. The molecular formula is C12H11Cl2NO5S. The molecule has 1 amide bonds. The van der Waals surface area contributed by atoms with E-state index in [0.717, 1.165) is 16.7 Å². The van der Waals surface area contributed by atoms with Crippen LogP contribution in [0.2, 0.25) is 10.0 Å². The molecule has 0 atom stereocenters. The Morgan fingerprint density at radius 3 is 2.19 bits per heavy atom. The van der Waals surface area contributed by atoms with Gasteiger partial charge in [0.05, 0.1) is 10.8 Å². The molecule has 0 aliphatic heterocycles. The molecule has 2 N–H and O–H groups in total. The molecule has 114 valence electrons. The topological polar surface area (TPSA) is 94.9 Å². The Morgan fingerprint density at radius 2 is 1.67 bits per heavy atom. The molecule has 0 aromatic heterocycles. The van der Waals surface area contributed by atoms with Gasteiger partial charge in [0.2, 0.25) is 5.91 Å². The van der Waals surface area contributed by atoms with Crippen molar-refractivity contribution in [2.45, 2.75) is 4.90 Å². The van der Waals surface area contributed by atoms with Gasteiger partial charge in [0, 0.05) is 9.92 Å². The van der Waals surface area contributed by atoms with E-state index in [1.54, 1.807) is 18.2 Å². The zero-order chi connectivity index (χ0) is 16.0. The minimum Gasteiger partial charge on any atom is -0.480 e. The van der Waals surface area contributed by atoms with Gasteiger partial charge in [-0.2, -0.15) is 0 Å². The summed E-state index contributed by atoms with van der Waals surface area (Å²) < 4.78 is 0. The molecule has 1 aromatic rings. The molecule has 6 nitrogen and oxygen atoms in total. The second-order valence-electron chi connectivity index (χ2n) is 3.90. The highest BCUT2D eigenvalue weighted by atomic mass is 35.5. The van der Waals surface area contributed by atoms with Crippen molar-refractivity contribution >= 4 is 52.8 Å². The van der Waals surface area contributed by atoms with Crippen LogP contribution in [-0.2, 0) is 14.4 Å². The Balaban J connectivity index is 2.70. The Morgan fingerprint density at radius 1 is 1.10 bits per heavy atom. The normalized spacial score (nSPS) is 10.2. The smallest absolute Gasteiger partial charge is 0.323 e. The van der Waals surface area contributed by atoms with Gasteiger partial charge in [-0.15, -0.1) is 11.8 Å². The number of hydrogen-bond donors (Lipinski definition) is 2. The first kappa shape index (κ1) is 17.6. The molecule has 21 heavy (non-hydrogen) atoms. The molecule has 0 heterocycles. The van der Waals surface area contributed by atoms with Gasteiger partial charge in [-0.1, -0.05) is 23.2 Å². The maximum Gasteiger partial charge on any atom is 0.323 e. The van der Waals surface area contributed by atoms with E-state index < -0.39 is 30.9 Å². The molecule has 0 bridgehead atoms. The predicted octanol–water partition coefficient (Wildman–Crippen LogP) is 2.08. The number of halogens is 2. The molecule has 0 saturated heterocycles. The van der Waals surface area contributed by atoms with Crippen molar-refractivity contribution in [3.05, 3.63) is 28.2 Å². The fourth-order valence-corrected chi connectivity index (χ4v) is 2.77. The predicted molar refractivity (Wildman–Crippen MR) is 79.0 cm³/mol. The van der Waals surface area contributed by atoms with Gasteiger partial charge < -0.3 is 15.1 Å². The fraction of sp³-hybridized carbons (Fsp3) is 0.250. The number of hydrogen-bond acceptors (Lipinski definition) is 4. The summed E-state index contributed by atoms with van der Waals surface area (Å²) in [5.74, 6) is -3.31. The van der Waals surface area contributed by atoms with Crippen molar-refractivity contribution in [2.75, 3.05) is 18.8 Å². The van der Waals surface area contributed by atoms with E-state index in [-0.39, 0.29) is 5.75 Å². The van der Waals surface area contributed by atoms with E-state index in [0.29, 0.717) is 14.9 Å². The number of benzene rings is 1. The second-order valence-corrected chi connectivity index (χ2v) is 5.76. The van der Waals surface area contributed by atoms with Gasteiger partial charge >= 0.3 is 11.9 Å².